The van der Waals surface area contributed by atoms with Crippen molar-refractivity contribution in [1.29, 1.82) is 0 Å². The van der Waals surface area contributed by atoms with Crippen LogP contribution >= 0.6 is 0 Å². The average Bonchev–Trinajstić information content (AvgIpc) is 3.47. The second-order valence-corrected chi connectivity index (χ2v) is 9.21. The van der Waals surface area contributed by atoms with Gasteiger partial charge in [0.15, 0.2) is 11.5 Å². The molecule has 0 bridgehead atoms. The Balaban J connectivity index is 1.29. The van der Waals surface area contributed by atoms with Crippen LogP contribution in [0.4, 0.5) is 5.69 Å². The number of piperidine rings is 1. The van der Waals surface area contributed by atoms with E-state index in [0.717, 1.165) is 31.4 Å². The fourth-order valence-electron chi connectivity index (χ4n) is 5.03. The molecule has 1 atom stereocenters. The van der Waals surface area contributed by atoms with Crippen LogP contribution in [0.25, 0.3) is 0 Å². The molecule has 3 amide bonds. The molecular formula is C27H31N3O6. The van der Waals surface area contributed by atoms with E-state index in [1.165, 1.54) is 4.90 Å². The molecule has 5 rings (SSSR count). The van der Waals surface area contributed by atoms with Crippen LogP contribution in [0.1, 0.15) is 52.5 Å². The van der Waals surface area contributed by atoms with Gasteiger partial charge in [0.1, 0.15) is 0 Å². The first-order valence-electron chi connectivity index (χ1n) is 12.5. The number of fused-ring (bicyclic) bond motifs is 2. The Morgan fingerprint density at radius 1 is 1.14 bits per heavy atom. The number of rotatable bonds is 9. The quantitative estimate of drug-likeness (QED) is 0.424. The van der Waals surface area contributed by atoms with Gasteiger partial charge in [0.05, 0.1) is 29.3 Å². The number of imide groups is 1. The Morgan fingerprint density at radius 3 is 2.86 bits per heavy atom. The highest BCUT2D eigenvalue weighted by Crippen LogP contribution is 2.36. The number of anilines is 1. The molecule has 9 nitrogen and oxygen atoms in total. The highest BCUT2D eigenvalue weighted by molar-refractivity contribution is 6.23. The molecule has 3 aliphatic heterocycles. The molecule has 3 heterocycles. The van der Waals surface area contributed by atoms with E-state index < -0.39 is 0 Å². The molecule has 9 heteroatoms. The molecular weight excluding hydrogens is 462 g/mol. The van der Waals surface area contributed by atoms with E-state index in [2.05, 4.69) is 10.2 Å². The summed E-state index contributed by atoms with van der Waals surface area (Å²) >= 11 is 0. The molecule has 1 N–H and O–H groups in total. The number of amides is 3. The van der Waals surface area contributed by atoms with Gasteiger partial charge in [0.25, 0.3) is 11.8 Å². The molecule has 0 aromatic heterocycles. The third-order valence-electron chi connectivity index (χ3n) is 6.86. The van der Waals surface area contributed by atoms with Crippen LogP contribution in [-0.4, -0.2) is 62.3 Å². The van der Waals surface area contributed by atoms with Gasteiger partial charge >= 0.3 is 0 Å². The van der Waals surface area contributed by atoms with Gasteiger partial charge in [0, 0.05) is 32.8 Å². The van der Waals surface area contributed by atoms with E-state index in [0.29, 0.717) is 54.6 Å². The minimum absolute atomic E-state index is 0.0237. The lowest BCUT2D eigenvalue weighted by atomic mass is 9.95. The Kier molecular flexibility index (Phi) is 7.09. The number of nitrogens with zero attached hydrogens (tertiary/aromatic N) is 2. The Labute approximate surface area is 210 Å². The molecule has 0 radical (unpaired) electrons. The smallest absolute Gasteiger partial charge is 0.263 e. The first-order valence-corrected chi connectivity index (χ1v) is 12.5. The molecule has 0 spiro atoms. The van der Waals surface area contributed by atoms with Crippen LogP contribution < -0.4 is 19.7 Å². The van der Waals surface area contributed by atoms with E-state index in [1.54, 1.807) is 24.3 Å². The fourth-order valence-corrected chi connectivity index (χ4v) is 5.03. The number of nitrogens with one attached hydrogen (secondary N) is 1. The fraction of sp³-hybridized carbons (Fsp3) is 0.444. The Bertz CT molecular complexity index is 1170. The first-order chi connectivity index (χ1) is 17.6. The zero-order chi connectivity index (χ0) is 25.1. The summed E-state index contributed by atoms with van der Waals surface area (Å²) in [6.45, 7) is 5.38. The Hall–Kier alpha value is -3.59. The number of carbonyl (C=O) groups is 3. The molecule has 1 saturated heterocycles. The van der Waals surface area contributed by atoms with Gasteiger partial charge in [-0.15, -0.1) is 0 Å². The second kappa shape index (κ2) is 10.6. The zero-order valence-corrected chi connectivity index (χ0v) is 20.5. The minimum Gasteiger partial charge on any atom is -0.454 e. The summed E-state index contributed by atoms with van der Waals surface area (Å²) in [5, 5.41) is 3.01. The largest absolute Gasteiger partial charge is 0.454 e. The monoisotopic (exact) mass is 493 g/mol. The van der Waals surface area contributed by atoms with Crippen molar-refractivity contribution >= 4 is 23.4 Å². The summed E-state index contributed by atoms with van der Waals surface area (Å²) < 4.78 is 16.1. The molecule has 190 valence electrons. The van der Waals surface area contributed by atoms with Crippen molar-refractivity contribution in [3.05, 3.63) is 53.1 Å². The van der Waals surface area contributed by atoms with Crippen molar-refractivity contribution < 1.29 is 28.6 Å². The van der Waals surface area contributed by atoms with Crippen molar-refractivity contribution in [2.75, 3.05) is 44.5 Å². The van der Waals surface area contributed by atoms with Crippen LogP contribution in [0.2, 0.25) is 0 Å². The van der Waals surface area contributed by atoms with E-state index >= 15 is 0 Å². The van der Waals surface area contributed by atoms with Crippen molar-refractivity contribution in [2.24, 2.45) is 5.92 Å². The lowest BCUT2D eigenvalue weighted by Gasteiger charge is -2.34. The molecule has 0 unspecified atom stereocenters. The van der Waals surface area contributed by atoms with Crippen LogP contribution in [0.15, 0.2) is 36.4 Å². The maximum atomic E-state index is 13.5. The summed E-state index contributed by atoms with van der Waals surface area (Å²) in [5.41, 5.74) is 2.32. The lowest BCUT2D eigenvalue weighted by Crippen LogP contribution is -2.44. The predicted molar refractivity (Wildman–Crippen MR) is 132 cm³/mol. The topological polar surface area (TPSA) is 97.4 Å². The zero-order valence-electron chi connectivity index (χ0n) is 20.5. The summed E-state index contributed by atoms with van der Waals surface area (Å²) in [6, 6.07) is 10.8. The van der Waals surface area contributed by atoms with Crippen molar-refractivity contribution in [3.63, 3.8) is 0 Å². The predicted octanol–water partition coefficient (Wildman–Crippen LogP) is 2.97. The highest BCUT2D eigenvalue weighted by atomic mass is 16.7. The van der Waals surface area contributed by atoms with E-state index in [-0.39, 0.29) is 37.0 Å². The van der Waals surface area contributed by atoms with E-state index in [9.17, 15) is 14.4 Å². The van der Waals surface area contributed by atoms with Gasteiger partial charge in [-0.3, -0.25) is 19.3 Å². The SMILES string of the molecule is CCOCCCNC(=O)[C@H]1CCCN(c2cccc3c2C(=O)N(Cc2ccc4c(c2)OCO4)C3=O)C1. The van der Waals surface area contributed by atoms with Gasteiger partial charge < -0.3 is 24.4 Å². The van der Waals surface area contributed by atoms with Crippen LogP contribution in [0, 0.1) is 5.92 Å². The standard InChI is InChI=1S/C27H31N3O6/c1-2-34-13-5-11-28-25(31)19-6-4-12-29(16-19)21-8-3-7-20-24(21)27(33)30(26(20)32)15-18-9-10-22-23(14-18)36-17-35-22/h3,7-10,14,19H,2,4-6,11-13,15-17H2,1H3,(H,28,31)/t19-/m0/s1. The molecule has 2 aromatic carbocycles. The molecule has 0 aliphatic carbocycles. The maximum absolute atomic E-state index is 13.5. The van der Waals surface area contributed by atoms with Crippen molar-refractivity contribution in [1.82, 2.24) is 10.2 Å². The van der Waals surface area contributed by atoms with Crippen LogP contribution in [-0.2, 0) is 16.1 Å². The number of hydrogen-bond acceptors (Lipinski definition) is 7. The molecule has 2 aromatic rings. The third-order valence-corrected chi connectivity index (χ3v) is 6.86. The van der Waals surface area contributed by atoms with Gasteiger partial charge in [0.2, 0.25) is 12.7 Å². The highest BCUT2D eigenvalue weighted by Gasteiger charge is 2.39. The van der Waals surface area contributed by atoms with E-state index in [4.69, 9.17) is 14.2 Å². The number of ether oxygens (including phenoxy) is 3. The summed E-state index contributed by atoms with van der Waals surface area (Å²) in [7, 11) is 0. The molecule has 0 saturated carbocycles. The lowest BCUT2D eigenvalue weighted by molar-refractivity contribution is -0.125. The normalized spacial score (nSPS) is 18.5. The number of hydrogen-bond donors (Lipinski definition) is 1. The minimum atomic E-state index is -0.314. The molecule has 36 heavy (non-hydrogen) atoms. The summed E-state index contributed by atoms with van der Waals surface area (Å²) in [6.07, 6.45) is 2.41. The van der Waals surface area contributed by atoms with Crippen LogP contribution in [0.5, 0.6) is 11.5 Å². The van der Waals surface area contributed by atoms with E-state index in [1.807, 2.05) is 19.1 Å². The van der Waals surface area contributed by atoms with Gasteiger partial charge in [-0.1, -0.05) is 12.1 Å². The summed E-state index contributed by atoms with van der Waals surface area (Å²) in [4.78, 5) is 42.8. The third kappa shape index (κ3) is 4.75. The first kappa shape index (κ1) is 24.1. The molecule has 1 fully saturated rings. The van der Waals surface area contributed by atoms with Crippen LogP contribution in [0.3, 0.4) is 0 Å². The number of carbonyl (C=O) groups excluding carboxylic acids is 3. The maximum Gasteiger partial charge on any atom is 0.263 e. The number of benzene rings is 2. The van der Waals surface area contributed by atoms with Crippen molar-refractivity contribution in [3.8, 4) is 11.5 Å². The van der Waals surface area contributed by atoms with Gasteiger partial charge in [-0.2, -0.15) is 0 Å². The van der Waals surface area contributed by atoms with Gasteiger partial charge in [-0.25, -0.2) is 0 Å². The van der Waals surface area contributed by atoms with Crippen molar-refractivity contribution in [2.45, 2.75) is 32.7 Å². The second-order valence-electron chi connectivity index (χ2n) is 9.21. The molecule has 3 aliphatic rings. The Morgan fingerprint density at radius 2 is 2.00 bits per heavy atom. The average molecular weight is 494 g/mol. The van der Waals surface area contributed by atoms with Gasteiger partial charge in [-0.05, 0) is 56.0 Å². The summed E-state index contributed by atoms with van der Waals surface area (Å²) in [5.74, 6) is 0.497.